The van der Waals surface area contributed by atoms with Crippen LogP contribution in [0.4, 0.5) is 11.4 Å². The molecule has 0 radical (unpaired) electrons. The van der Waals surface area contributed by atoms with Gasteiger partial charge in [-0.2, -0.15) is 0 Å². The molecule has 0 saturated carbocycles. The van der Waals surface area contributed by atoms with Crippen LogP contribution in [0.15, 0.2) is 47.4 Å². The quantitative estimate of drug-likeness (QED) is 0.868. The summed E-state index contributed by atoms with van der Waals surface area (Å²) in [5.74, 6) is 0. The molecule has 6 heteroatoms. The van der Waals surface area contributed by atoms with Gasteiger partial charge in [-0.25, -0.2) is 8.42 Å². The van der Waals surface area contributed by atoms with Crippen LogP contribution in [0, 0.1) is 0 Å². The van der Waals surface area contributed by atoms with Crippen LogP contribution in [0.2, 0.25) is 0 Å². The van der Waals surface area contributed by atoms with E-state index in [2.05, 4.69) is 14.9 Å². The van der Waals surface area contributed by atoms with Crippen LogP contribution in [0.3, 0.4) is 0 Å². The van der Waals surface area contributed by atoms with Crippen molar-refractivity contribution in [3.05, 3.63) is 53.6 Å². The Bertz CT molecular complexity index is 875. The number of hydrogen-bond donors (Lipinski definition) is 2. The Morgan fingerprint density at radius 3 is 2.46 bits per heavy atom. The van der Waals surface area contributed by atoms with Gasteiger partial charge in [0, 0.05) is 31.9 Å². The summed E-state index contributed by atoms with van der Waals surface area (Å²) < 4.78 is 28.2. The number of sulfonamides is 1. The maximum atomic E-state index is 12.7. The summed E-state index contributed by atoms with van der Waals surface area (Å²) in [7, 11) is -3.57. The van der Waals surface area contributed by atoms with Crippen molar-refractivity contribution in [1.29, 1.82) is 0 Å². The van der Waals surface area contributed by atoms with Gasteiger partial charge in [-0.05, 0) is 61.1 Å². The van der Waals surface area contributed by atoms with E-state index >= 15 is 0 Å². The monoisotopic (exact) mass is 371 g/mol. The minimum Gasteiger partial charge on any atom is -0.369 e. The fourth-order valence-corrected chi connectivity index (χ4v) is 4.97. The standard InChI is InChI=1S/C20H25N3O2S/c24-26(25,18-7-2-1-3-8-18)22-17-14-16-6-4-5-9-19(16)20(15-17)23-12-10-21-11-13-23/h1-3,7-8,14-15,21-22H,4-6,9-13H2. The van der Waals surface area contributed by atoms with Gasteiger partial charge in [0.1, 0.15) is 0 Å². The Balaban J connectivity index is 1.70. The zero-order valence-corrected chi connectivity index (χ0v) is 15.7. The van der Waals surface area contributed by atoms with E-state index in [1.807, 2.05) is 18.2 Å². The molecule has 0 atom stereocenters. The minimum absolute atomic E-state index is 0.293. The summed E-state index contributed by atoms with van der Waals surface area (Å²) in [5, 5.41) is 3.39. The molecule has 0 bridgehead atoms. The number of aryl methyl sites for hydroxylation is 1. The lowest BCUT2D eigenvalue weighted by atomic mass is 9.89. The third kappa shape index (κ3) is 3.57. The van der Waals surface area contributed by atoms with Gasteiger partial charge >= 0.3 is 0 Å². The second kappa shape index (κ2) is 7.29. The minimum atomic E-state index is -3.57. The van der Waals surface area contributed by atoms with Crippen molar-refractivity contribution in [3.8, 4) is 0 Å². The molecule has 0 spiro atoms. The molecule has 2 aliphatic rings. The summed E-state index contributed by atoms with van der Waals surface area (Å²) in [5.41, 5.74) is 4.57. The number of piperazine rings is 1. The topological polar surface area (TPSA) is 61.4 Å². The smallest absolute Gasteiger partial charge is 0.261 e. The highest BCUT2D eigenvalue weighted by Gasteiger charge is 2.22. The van der Waals surface area contributed by atoms with E-state index in [9.17, 15) is 8.42 Å². The van der Waals surface area contributed by atoms with Gasteiger partial charge < -0.3 is 10.2 Å². The van der Waals surface area contributed by atoms with Crippen LogP contribution in [-0.4, -0.2) is 34.6 Å². The lowest BCUT2D eigenvalue weighted by Crippen LogP contribution is -2.44. The second-order valence-electron chi connectivity index (χ2n) is 7.00. The number of fused-ring (bicyclic) bond motifs is 1. The van der Waals surface area contributed by atoms with Crippen molar-refractivity contribution < 1.29 is 8.42 Å². The molecule has 1 aliphatic carbocycles. The van der Waals surface area contributed by atoms with Crippen molar-refractivity contribution in [2.45, 2.75) is 30.6 Å². The van der Waals surface area contributed by atoms with Gasteiger partial charge in [0.2, 0.25) is 0 Å². The highest BCUT2D eigenvalue weighted by atomic mass is 32.2. The lowest BCUT2D eigenvalue weighted by Gasteiger charge is -2.33. The van der Waals surface area contributed by atoms with Crippen LogP contribution >= 0.6 is 0 Å². The van der Waals surface area contributed by atoms with E-state index < -0.39 is 10.0 Å². The van der Waals surface area contributed by atoms with Crippen molar-refractivity contribution >= 4 is 21.4 Å². The number of nitrogens with one attached hydrogen (secondary N) is 2. The molecule has 1 aliphatic heterocycles. The molecule has 4 rings (SSSR count). The molecule has 26 heavy (non-hydrogen) atoms. The van der Waals surface area contributed by atoms with Crippen LogP contribution in [0.1, 0.15) is 24.0 Å². The lowest BCUT2D eigenvalue weighted by molar-refractivity contribution is 0.584. The summed E-state index contributed by atoms with van der Waals surface area (Å²) in [6, 6.07) is 12.6. The third-order valence-electron chi connectivity index (χ3n) is 5.21. The van der Waals surface area contributed by atoms with Crippen LogP contribution < -0.4 is 14.9 Å². The molecular weight excluding hydrogens is 346 g/mol. The average molecular weight is 372 g/mol. The first kappa shape index (κ1) is 17.4. The van der Waals surface area contributed by atoms with E-state index in [0.717, 1.165) is 39.0 Å². The Morgan fingerprint density at radius 1 is 0.962 bits per heavy atom. The van der Waals surface area contributed by atoms with Crippen LogP contribution in [-0.2, 0) is 22.9 Å². The van der Waals surface area contributed by atoms with E-state index in [0.29, 0.717) is 10.6 Å². The third-order valence-corrected chi connectivity index (χ3v) is 6.60. The second-order valence-corrected chi connectivity index (χ2v) is 8.68. The molecule has 1 saturated heterocycles. The molecule has 0 unspecified atom stereocenters. The number of hydrogen-bond acceptors (Lipinski definition) is 4. The Hall–Kier alpha value is -2.05. The summed E-state index contributed by atoms with van der Waals surface area (Å²) in [6.45, 7) is 3.85. The molecule has 2 aromatic rings. The number of nitrogens with zero attached hydrogens (tertiary/aromatic N) is 1. The molecule has 0 amide bonds. The van der Waals surface area contributed by atoms with Crippen molar-refractivity contribution in [2.75, 3.05) is 35.8 Å². The van der Waals surface area contributed by atoms with Gasteiger partial charge in [-0.15, -0.1) is 0 Å². The maximum Gasteiger partial charge on any atom is 0.261 e. The van der Waals surface area contributed by atoms with Crippen molar-refractivity contribution in [1.82, 2.24) is 5.32 Å². The predicted molar refractivity (Wildman–Crippen MR) is 105 cm³/mol. The van der Waals surface area contributed by atoms with E-state index in [1.165, 1.54) is 29.7 Å². The van der Waals surface area contributed by atoms with Gasteiger partial charge in [0.05, 0.1) is 10.6 Å². The van der Waals surface area contributed by atoms with Crippen LogP contribution in [0.5, 0.6) is 0 Å². The normalized spacial score (nSPS) is 17.6. The SMILES string of the molecule is O=S(=O)(Nc1cc2c(c(N3CCNCC3)c1)CCCC2)c1ccccc1. The first-order valence-corrected chi connectivity index (χ1v) is 10.8. The summed E-state index contributed by atoms with van der Waals surface area (Å²) >= 11 is 0. The Morgan fingerprint density at radius 2 is 1.69 bits per heavy atom. The van der Waals surface area contributed by atoms with Gasteiger partial charge in [0.25, 0.3) is 10.0 Å². The van der Waals surface area contributed by atoms with Crippen LogP contribution in [0.25, 0.3) is 0 Å². The zero-order chi connectivity index (χ0) is 18.0. The fraction of sp³-hybridized carbons (Fsp3) is 0.400. The average Bonchev–Trinajstić information content (AvgIpc) is 2.68. The first-order valence-electron chi connectivity index (χ1n) is 9.33. The van der Waals surface area contributed by atoms with Crippen molar-refractivity contribution in [2.24, 2.45) is 0 Å². The summed E-state index contributed by atoms with van der Waals surface area (Å²) in [6.07, 6.45) is 4.49. The van der Waals surface area contributed by atoms with E-state index in [1.54, 1.807) is 24.3 Å². The van der Waals surface area contributed by atoms with Crippen molar-refractivity contribution in [3.63, 3.8) is 0 Å². The van der Waals surface area contributed by atoms with E-state index in [-0.39, 0.29) is 0 Å². The molecule has 2 N–H and O–H groups in total. The van der Waals surface area contributed by atoms with E-state index in [4.69, 9.17) is 0 Å². The fourth-order valence-electron chi connectivity index (χ4n) is 3.90. The molecule has 1 fully saturated rings. The zero-order valence-electron chi connectivity index (χ0n) is 14.9. The first-order chi connectivity index (χ1) is 12.6. The molecule has 2 aromatic carbocycles. The van der Waals surface area contributed by atoms with Gasteiger partial charge in [-0.3, -0.25) is 4.72 Å². The maximum absolute atomic E-state index is 12.7. The highest BCUT2D eigenvalue weighted by molar-refractivity contribution is 7.92. The molecular formula is C20H25N3O2S. The summed E-state index contributed by atoms with van der Waals surface area (Å²) in [4.78, 5) is 2.68. The van der Waals surface area contributed by atoms with Gasteiger partial charge in [0.15, 0.2) is 0 Å². The Kier molecular flexibility index (Phi) is 4.87. The number of benzene rings is 2. The number of rotatable bonds is 4. The molecule has 138 valence electrons. The Labute approximate surface area is 155 Å². The molecule has 0 aromatic heterocycles. The molecule has 1 heterocycles. The highest BCUT2D eigenvalue weighted by Crippen LogP contribution is 2.34. The van der Waals surface area contributed by atoms with Gasteiger partial charge in [-0.1, -0.05) is 18.2 Å². The molecule has 5 nitrogen and oxygen atoms in total. The largest absolute Gasteiger partial charge is 0.369 e. The number of anilines is 2. The predicted octanol–water partition coefficient (Wildman–Crippen LogP) is 2.78.